The molecular formula is C50H48FIrN3O2-2. The van der Waals surface area contributed by atoms with Crippen molar-refractivity contribution in [1.82, 2.24) is 15.0 Å². The summed E-state index contributed by atoms with van der Waals surface area (Å²) >= 11 is 0. The van der Waals surface area contributed by atoms with Gasteiger partial charge in [-0.05, 0) is 113 Å². The molecule has 1 radical (unpaired) electrons. The van der Waals surface area contributed by atoms with Crippen LogP contribution in [0.15, 0.2) is 89.5 Å². The van der Waals surface area contributed by atoms with E-state index in [1.807, 2.05) is 37.3 Å². The van der Waals surface area contributed by atoms with Crippen molar-refractivity contribution in [3.63, 3.8) is 0 Å². The Kier molecular flexibility index (Phi) is 12.0. The number of furan rings is 1. The molecule has 3 aromatic heterocycles. The molecule has 4 heterocycles. The van der Waals surface area contributed by atoms with E-state index in [0.717, 1.165) is 102 Å². The van der Waals surface area contributed by atoms with Crippen LogP contribution in [0.3, 0.4) is 0 Å². The largest absolute Gasteiger partial charge is 0.501 e. The van der Waals surface area contributed by atoms with Crippen LogP contribution in [0.2, 0.25) is 0 Å². The minimum atomic E-state index is -0.176. The number of rotatable bonds is 6. The van der Waals surface area contributed by atoms with Crippen LogP contribution in [-0.2, 0) is 31.3 Å². The monoisotopic (exact) mass is 934 g/mol. The van der Waals surface area contributed by atoms with Crippen LogP contribution >= 0.6 is 0 Å². The van der Waals surface area contributed by atoms with Crippen molar-refractivity contribution in [3.8, 4) is 22.5 Å². The number of nitrogens with zero attached hydrogens (tertiary/aromatic N) is 3. The maximum absolute atomic E-state index is 15.4. The summed E-state index contributed by atoms with van der Waals surface area (Å²) in [4.78, 5) is 14.1. The van der Waals surface area contributed by atoms with Crippen molar-refractivity contribution in [2.75, 3.05) is 13.2 Å². The molecule has 1 aliphatic rings. The van der Waals surface area contributed by atoms with E-state index >= 15 is 4.39 Å². The molecule has 0 atom stereocenters. The van der Waals surface area contributed by atoms with Gasteiger partial charge in [-0.1, -0.05) is 82.8 Å². The number of hydrogen-bond acceptors (Lipinski definition) is 5. The van der Waals surface area contributed by atoms with Crippen LogP contribution in [0.4, 0.5) is 4.39 Å². The minimum absolute atomic E-state index is 0. The van der Waals surface area contributed by atoms with Crippen molar-refractivity contribution in [3.05, 3.63) is 137 Å². The molecular weight excluding hydrogens is 886 g/mol. The molecule has 57 heavy (non-hydrogen) atoms. The standard InChI is InChI=1S/C29H25FNO2.C21H23N2.Ir/c1-17(2)20-14-24-21-5-3-4-6-27(21)33-29(24)25(15-20)28-23-16-26(30)22(13-19(23)7-10-31-28)18-8-11-32-12-9-18;1-13(2)8-17-6-7-19-20(12-17)22-16(5)23-21(19)18-10-14(3)9-15(4)11-18;/h3-7,10,13-14,16-18H,8-9,11-12H2,1-2H3;6-7,9-10,12-13H,8H2,1-5H3;/q2*-1;. The van der Waals surface area contributed by atoms with Crippen LogP contribution in [0.1, 0.15) is 86.0 Å². The summed E-state index contributed by atoms with van der Waals surface area (Å²) in [6.07, 6.45) is 4.58. The zero-order valence-electron chi connectivity index (χ0n) is 33.7. The van der Waals surface area contributed by atoms with Crippen LogP contribution in [-0.4, -0.2) is 28.2 Å². The van der Waals surface area contributed by atoms with Gasteiger partial charge in [-0.25, -0.2) is 9.37 Å². The molecule has 1 aliphatic heterocycles. The molecule has 7 heteroatoms. The van der Waals surface area contributed by atoms with Crippen LogP contribution in [0.5, 0.6) is 0 Å². The van der Waals surface area contributed by atoms with E-state index < -0.39 is 0 Å². The topological polar surface area (TPSA) is 61.0 Å². The maximum atomic E-state index is 15.4. The number of ether oxygens (including phenoxy) is 1. The van der Waals surface area contributed by atoms with Gasteiger partial charge in [0.2, 0.25) is 0 Å². The van der Waals surface area contributed by atoms with Gasteiger partial charge >= 0.3 is 0 Å². The third-order valence-electron chi connectivity index (χ3n) is 10.8. The summed E-state index contributed by atoms with van der Waals surface area (Å²) in [7, 11) is 0. The molecule has 0 unspecified atom stereocenters. The molecule has 0 amide bonds. The molecule has 5 nitrogen and oxygen atoms in total. The number of halogens is 1. The summed E-state index contributed by atoms with van der Waals surface area (Å²) in [6, 6.07) is 33.7. The van der Waals surface area contributed by atoms with E-state index in [-0.39, 0.29) is 37.8 Å². The molecule has 1 saturated heterocycles. The number of fused-ring (bicyclic) bond motifs is 5. The predicted molar refractivity (Wildman–Crippen MR) is 227 cm³/mol. The van der Waals surface area contributed by atoms with Gasteiger partial charge < -0.3 is 14.1 Å². The molecule has 0 N–H and O–H groups in total. The molecule has 9 rings (SSSR count). The van der Waals surface area contributed by atoms with Gasteiger partial charge in [0, 0.05) is 44.9 Å². The zero-order valence-corrected chi connectivity index (χ0v) is 36.1. The van der Waals surface area contributed by atoms with Crippen molar-refractivity contribution in [2.45, 2.75) is 79.6 Å². The summed E-state index contributed by atoms with van der Waals surface area (Å²) in [6.45, 7) is 16.3. The van der Waals surface area contributed by atoms with E-state index in [0.29, 0.717) is 24.8 Å². The van der Waals surface area contributed by atoms with E-state index in [1.54, 1.807) is 12.3 Å². The zero-order chi connectivity index (χ0) is 39.1. The maximum Gasteiger partial charge on any atom is 0.126 e. The number of aryl methyl sites for hydroxylation is 3. The quantitative estimate of drug-likeness (QED) is 0.155. The average molecular weight is 934 g/mol. The fourth-order valence-corrected chi connectivity index (χ4v) is 8.12. The molecule has 5 aromatic carbocycles. The third-order valence-corrected chi connectivity index (χ3v) is 10.8. The van der Waals surface area contributed by atoms with Crippen molar-refractivity contribution in [1.29, 1.82) is 0 Å². The fourth-order valence-electron chi connectivity index (χ4n) is 8.12. The Bertz CT molecular complexity index is 2710. The number of para-hydroxylation sites is 1. The fraction of sp³-hybridized carbons (Fsp3) is 0.300. The van der Waals surface area contributed by atoms with E-state index in [1.165, 1.54) is 11.1 Å². The van der Waals surface area contributed by atoms with Gasteiger partial charge in [0.25, 0.3) is 0 Å². The van der Waals surface area contributed by atoms with E-state index in [2.05, 4.69) is 101 Å². The van der Waals surface area contributed by atoms with Crippen molar-refractivity contribution < 1.29 is 33.6 Å². The van der Waals surface area contributed by atoms with Crippen molar-refractivity contribution >= 4 is 43.6 Å². The Hall–Kier alpha value is -4.81. The molecule has 8 aromatic rings. The summed E-state index contributed by atoms with van der Waals surface area (Å²) in [5.41, 5.74) is 11.7. The normalized spacial score (nSPS) is 13.4. The Balaban J connectivity index is 0.000000183. The SMILES string of the molecule is CC(C)c1[c-]c(-c2nccc3cc(C4CCOCC4)c(F)cc23)c2oc3ccccc3c2c1.Cc1[c-]c(-c2nc(C)nc3cc(CC(C)C)ccc23)cc(C)c1.[Ir]. The molecule has 0 bridgehead atoms. The van der Waals surface area contributed by atoms with Gasteiger partial charge in [0.1, 0.15) is 17.2 Å². The Labute approximate surface area is 348 Å². The van der Waals surface area contributed by atoms with Gasteiger partial charge in [0.15, 0.2) is 0 Å². The van der Waals surface area contributed by atoms with Crippen LogP contribution in [0, 0.1) is 44.6 Å². The number of pyridine rings is 1. The van der Waals surface area contributed by atoms with Gasteiger partial charge in [-0.15, -0.1) is 52.6 Å². The second-order valence-electron chi connectivity index (χ2n) is 16.1. The first-order valence-electron chi connectivity index (χ1n) is 19.8. The molecule has 1 fully saturated rings. The molecule has 0 saturated carbocycles. The van der Waals surface area contributed by atoms with Gasteiger partial charge in [-0.3, -0.25) is 4.98 Å². The average Bonchev–Trinajstić information content (AvgIpc) is 3.55. The Morgan fingerprint density at radius 3 is 2.33 bits per heavy atom. The minimum Gasteiger partial charge on any atom is -0.501 e. The van der Waals surface area contributed by atoms with Crippen molar-refractivity contribution in [2.24, 2.45) is 5.92 Å². The Morgan fingerprint density at radius 2 is 1.58 bits per heavy atom. The molecule has 0 spiro atoms. The predicted octanol–water partition coefficient (Wildman–Crippen LogP) is 13.0. The second-order valence-corrected chi connectivity index (χ2v) is 16.1. The van der Waals surface area contributed by atoms with E-state index in [4.69, 9.17) is 19.1 Å². The summed E-state index contributed by atoms with van der Waals surface area (Å²) in [5, 5.41) is 4.98. The smallest absolute Gasteiger partial charge is 0.126 e. The van der Waals surface area contributed by atoms with Gasteiger partial charge in [0.05, 0.1) is 11.1 Å². The summed E-state index contributed by atoms with van der Waals surface area (Å²) < 4.78 is 27.2. The first kappa shape index (κ1) is 40.4. The second kappa shape index (κ2) is 17.0. The first-order chi connectivity index (χ1) is 27.0. The molecule has 293 valence electrons. The third kappa shape index (κ3) is 8.43. The van der Waals surface area contributed by atoms with Crippen LogP contribution < -0.4 is 0 Å². The Morgan fingerprint density at radius 1 is 0.789 bits per heavy atom. The summed E-state index contributed by atoms with van der Waals surface area (Å²) in [5.74, 6) is 1.75. The van der Waals surface area contributed by atoms with Gasteiger partial charge in [-0.2, -0.15) is 0 Å². The first-order valence-corrected chi connectivity index (χ1v) is 19.8. The van der Waals surface area contributed by atoms with E-state index in [9.17, 15) is 0 Å². The van der Waals surface area contributed by atoms with Crippen LogP contribution in [0.25, 0.3) is 66.1 Å². The number of hydrogen-bond donors (Lipinski definition) is 0. The molecule has 0 aliphatic carbocycles. The number of aromatic nitrogens is 3. The number of benzene rings is 5.